The third-order valence-corrected chi connectivity index (χ3v) is 6.75. The van der Waals surface area contributed by atoms with E-state index in [1.54, 1.807) is 0 Å². The average molecular weight is 368 g/mol. The van der Waals surface area contributed by atoms with Gasteiger partial charge in [0, 0.05) is 24.5 Å². The molecule has 2 fully saturated rings. The van der Waals surface area contributed by atoms with E-state index in [0.717, 1.165) is 30.5 Å². The van der Waals surface area contributed by atoms with Crippen molar-refractivity contribution in [3.63, 3.8) is 0 Å². The van der Waals surface area contributed by atoms with Crippen LogP contribution in [-0.4, -0.2) is 49.4 Å². The predicted octanol–water partition coefficient (Wildman–Crippen LogP) is 1.67. The maximum absolute atomic E-state index is 5.78. The molecule has 1 saturated heterocycles. The Morgan fingerprint density at radius 3 is 3.00 bits per heavy atom. The van der Waals surface area contributed by atoms with Crippen LogP contribution in [0.25, 0.3) is 0 Å². The van der Waals surface area contributed by atoms with Crippen molar-refractivity contribution in [3.8, 4) is 0 Å². The number of hydrogen-bond acceptors (Lipinski definition) is 7. The topological polar surface area (TPSA) is 85.4 Å². The van der Waals surface area contributed by atoms with Crippen LogP contribution in [0, 0.1) is 5.92 Å². The fourth-order valence-electron chi connectivity index (χ4n) is 5.41. The second kappa shape index (κ2) is 5.79. The highest BCUT2D eigenvalue weighted by Gasteiger charge is 2.47. The maximum Gasteiger partial charge on any atom is 0.252 e. The highest BCUT2D eigenvalue weighted by molar-refractivity contribution is 5.98. The summed E-state index contributed by atoms with van der Waals surface area (Å²) in [6.07, 6.45) is 12.1. The summed E-state index contributed by atoms with van der Waals surface area (Å²) in [7, 11) is 0. The van der Waals surface area contributed by atoms with Gasteiger partial charge < -0.3 is 9.30 Å². The minimum atomic E-state index is 0.156. The van der Waals surface area contributed by atoms with E-state index in [1.165, 1.54) is 25.7 Å². The lowest BCUT2D eigenvalue weighted by Crippen LogP contribution is -2.54. The summed E-state index contributed by atoms with van der Waals surface area (Å²) in [5.74, 6) is 2.68. The summed E-state index contributed by atoms with van der Waals surface area (Å²) in [5.41, 5.74) is 4.48. The minimum absolute atomic E-state index is 0.156. The van der Waals surface area contributed by atoms with Crippen molar-refractivity contribution in [1.82, 2.24) is 30.0 Å². The zero-order valence-corrected chi connectivity index (χ0v) is 15.4. The molecule has 2 aromatic heterocycles. The Morgan fingerprint density at radius 1 is 1.19 bits per heavy atom. The van der Waals surface area contributed by atoms with Crippen LogP contribution in [0.15, 0.2) is 23.8 Å². The van der Waals surface area contributed by atoms with Gasteiger partial charge in [-0.1, -0.05) is 18.1 Å². The molecular formula is C18H24N8O. The molecule has 0 spiro atoms. The smallest absolute Gasteiger partial charge is 0.252 e. The van der Waals surface area contributed by atoms with Crippen LogP contribution in [-0.2, 0) is 4.74 Å². The molecule has 0 amide bonds. The quantitative estimate of drug-likeness (QED) is 0.824. The van der Waals surface area contributed by atoms with Crippen molar-refractivity contribution in [3.05, 3.63) is 24.4 Å². The monoisotopic (exact) mass is 368 g/mol. The molecule has 2 aromatic rings. The van der Waals surface area contributed by atoms with Gasteiger partial charge in [-0.25, -0.2) is 4.98 Å². The van der Waals surface area contributed by atoms with E-state index < -0.39 is 0 Å². The fraction of sp³-hybridized carbons (Fsp3) is 0.667. The predicted molar refractivity (Wildman–Crippen MR) is 98.3 cm³/mol. The summed E-state index contributed by atoms with van der Waals surface area (Å²) < 4.78 is 10.0. The van der Waals surface area contributed by atoms with Crippen LogP contribution < -0.4 is 10.3 Å². The van der Waals surface area contributed by atoms with Crippen molar-refractivity contribution in [2.45, 2.75) is 63.3 Å². The first kappa shape index (κ1) is 15.6. The summed E-state index contributed by atoms with van der Waals surface area (Å²) >= 11 is 0. The molecule has 1 aliphatic carbocycles. The first-order chi connectivity index (χ1) is 13.3. The maximum atomic E-state index is 5.78. The second-order valence-corrected chi connectivity index (χ2v) is 8.07. The first-order valence-corrected chi connectivity index (χ1v) is 10.00. The van der Waals surface area contributed by atoms with Crippen molar-refractivity contribution in [2.75, 3.05) is 11.5 Å². The largest absolute Gasteiger partial charge is 0.378 e. The third kappa shape index (κ3) is 2.14. The van der Waals surface area contributed by atoms with E-state index in [9.17, 15) is 0 Å². The fourth-order valence-corrected chi connectivity index (χ4v) is 5.41. The van der Waals surface area contributed by atoms with Gasteiger partial charge >= 0.3 is 0 Å². The van der Waals surface area contributed by atoms with Gasteiger partial charge in [-0.15, -0.1) is 10.2 Å². The van der Waals surface area contributed by atoms with Crippen LogP contribution in [0.3, 0.4) is 0 Å². The normalized spacial score (nSPS) is 34.6. The number of anilines is 1. The van der Waals surface area contributed by atoms with Crippen LogP contribution in [0.1, 0.15) is 56.7 Å². The van der Waals surface area contributed by atoms with Gasteiger partial charge in [-0.05, 0) is 26.2 Å². The molecule has 5 heterocycles. The van der Waals surface area contributed by atoms with E-state index in [2.05, 4.69) is 37.1 Å². The summed E-state index contributed by atoms with van der Waals surface area (Å²) in [6, 6.07) is 0.498. The SMILES string of the molecule is CC1OCCC1c1cnnn1C1=NNC2C3CCCCC3n3cncc3N12. The highest BCUT2D eigenvalue weighted by atomic mass is 16.5. The van der Waals surface area contributed by atoms with Crippen LogP contribution in [0.2, 0.25) is 0 Å². The van der Waals surface area contributed by atoms with Gasteiger partial charge in [0.2, 0.25) is 0 Å². The molecule has 27 heavy (non-hydrogen) atoms. The Bertz CT molecular complexity index is 888. The van der Waals surface area contributed by atoms with Crippen molar-refractivity contribution >= 4 is 11.8 Å². The minimum Gasteiger partial charge on any atom is -0.378 e. The Balaban J connectivity index is 1.42. The van der Waals surface area contributed by atoms with Gasteiger partial charge in [0.25, 0.3) is 5.96 Å². The van der Waals surface area contributed by atoms with Gasteiger partial charge in [-0.2, -0.15) is 4.68 Å². The van der Waals surface area contributed by atoms with Crippen molar-refractivity contribution < 1.29 is 4.74 Å². The number of ether oxygens (including phenoxy) is 1. The molecule has 9 nitrogen and oxygen atoms in total. The Kier molecular flexibility index (Phi) is 3.35. The number of nitrogens with zero attached hydrogens (tertiary/aromatic N) is 7. The average Bonchev–Trinajstić information content (AvgIpc) is 3.46. The van der Waals surface area contributed by atoms with Gasteiger partial charge in [-0.3, -0.25) is 10.3 Å². The molecule has 1 N–H and O–H groups in total. The molecule has 0 radical (unpaired) electrons. The summed E-state index contributed by atoms with van der Waals surface area (Å²) in [4.78, 5) is 6.72. The Hall–Kier alpha value is -2.42. The molecular weight excluding hydrogens is 344 g/mol. The molecule has 9 heteroatoms. The van der Waals surface area contributed by atoms with Crippen LogP contribution in [0.4, 0.5) is 5.82 Å². The zero-order chi connectivity index (χ0) is 18.0. The number of fused-ring (bicyclic) bond motifs is 6. The van der Waals surface area contributed by atoms with Crippen LogP contribution >= 0.6 is 0 Å². The Morgan fingerprint density at radius 2 is 2.11 bits per heavy atom. The number of nitrogens with one attached hydrogen (secondary N) is 1. The zero-order valence-electron chi connectivity index (χ0n) is 15.4. The molecule has 3 aliphatic heterocycles. The van der Waals surface area contributed by atoms with E-state index in [1.807, 2.05) is 23.4 Å². The van der Waals surface area contributed by atoms with Crippen molar-refractivity contribution in [1.29, 1.82) is 0 Å². The van der Waals surface area contributed by atoms with E-state index in [0.29, 0.717) is 17.9 Å². The number of aromatic nitrogens is 5. The second-order valence-electron chi connectivity index (χ2n) is 8.07. The van der Waals surface area contributed by atoms with Gasteiger partial charge in [0.05, 0.1) is 30.5 Å². The van der Waals surface area contributed by atoms with Crippen molar-refractivity contribution in [2.24, 2.45) is 11.0 Å². The summed E-state index contributed by atoms with van der Waals surface area (Å²) in [6.45, 7) is 2.90. The van der Waals surface area contributed by atoms with Crippen LogP contribution in [0.5, 0.6) is 0 Å². The van der Waals surface area contributed by atoms with E-state index in [-0.39, 0.29) is 12.3 Å². The summed E-state index contributed by atoms with van der Waals surface area (Å²) in [5, 5.41) is 13.3. The molecule has 5 atom stereocenters. The molecule has 1 saturated carbocycles. The van der Waals surface area contributed by atoms with Gasteiger partial charge in [0.15, 0.2) is 0 Å². The molecule has 0 aromatic carbocycles. The third-order valence-electron chi connectivity index (χ3n) is 6.75. The lowest BCUT2D eigenvalue weighted by atomic mass is 9.80. The lowest BCUT2D eigenvalue weighted by molar-refractivity contribution is 0.117. The molecule has 4 aliphatic rings. The number of imidazole rings is 1. The van der Waals surface area contributed by atoms with E-state index >= 15 is 0 Å². The lowest BCUT2D eigenvalue weighted by Gasteiger charge is -2.45. The number of hydrogen-bond donors (Lipinski definition) is 1. The first-order valence-electron chi connectivity index (χ1n) is 10.00. The number of rotatable bonds is 1. The standard InChI is InChI=1S/C18H24N8O/c1-11-12(6-7-27-11)15-8-20-23-26(15)18-22-21-17-13-4-2-3-5-14(13)24-10-19-9-16(24)25(17)18/h8-14,17,21H,2-7H2,1H3. The molecule has 142 valence electrons. The van der Waals surface area contributed by atoms with Gasteiger partial charge in [0.1, 0.15) is 12.0 Å². The Labute approximate surface area is 157 Å². The highest BCUT2D eigenvalue weighted by Crippen LogP contribution is 2.45. The van der Waals surface area contributed by atoms with E-state index in [4.69, 9.17) is 9.84 Å². The molecule has 0 bridgehead atoms. The molecule has 6 rings (SSSR count). The number of hydrazone groups is 1. The molecule has 5 unspecified atom stereocenters.